The summed E-state index contributed by atoms with van der Waals surface area (Å²) in [5.74, 6) is 0.00989. The lowest BCUT2D eigenvalue weighted by atomic mass is 10.2. The predicted molar refractivity (Wildman–Crippen MR) is 86.1 cm³/mol. The Bertz CT molecular complexity index is 687. The van der Waals surface area contributed by atoms with Gasteiger partial charge in [0.2, 0.25) is 20.0 Å². The maximum atomic E-state index is 12.2. The largest absolute Gasteiger partial charge is 0.240 e. The summed E-state index contributed by atoms with van der Waals surface area (Å²) in [6.45, 7) is 3.63. The summed E-state index contributed by atoms with van der Waals surface area (Å²) >= 11 is 3.24. The molecule has 0 fully saturated rings. The summed E-state index contributed by atoms with van der Waals surface area (Å²) in [7, 11) is -6.83. The molecule has 2 N–H and O–H groups in total. The molecule has 0 spiro atoms. The fourth-order valence-electron chi connectivity index (χ4n) is 1.57. The molecule has 0 unspecified atom stereocenters. The van der Waals surface area contributed by atoms with Gasteiger partial charge in [-0.15, -0.1) is 0 Å². The third-order valence-corrected chi connectivity index (χ3v) is 6.29. The third kappa shape index (κ3) is 6.03. The minimum Gasteiger partial charge on any atom is -0.215 e. The Morgan fingerprint density at radius 1 is 1.10 bits per heavy atom. The number of halogens is 1. The highest BCUT2D eigenvalue weighted by molar-refractivity contribution is 9.10. The maximum absolute atomic E-state index is 12.2. The number of hydrogen-bond donors (Lipinski definition) is 2. The Hall–Kier alpha value is -0.480. The van der Waals surface area contributed by atoms with E-state index in [9.17, 15) is 16.8 Å². The van der Waals surface area contributed by atoms with Gasteiger partial charge in [0, 0.05) is 17.6 Å². The number of hydrogen-bond acceptors (Lipinski definition) is 4. The van der Waals surface area contributed by atoms with Gasteiger partial charge in [0.25, 0.3) is 0 Å². The van der Waals surface area contributed by atoms with Crippen molar-refractivity contribution < 1.29 is 16.8 Å². The van der Waals surface area contributed by atoms with Gasteiger partial charge in [0.05, 0.1) is 10.6 Å². The third-order valence-electron chi connectivity index (χ3n) is 2.79. The molecular formula is C12H19BrN2O4S2. The second kappa shape index (κ2) is 7.68. The van der Waals surface area contributed by atoms with Crippen molar-refractivity contribution in [3.05, 3.63) is 28.2 Å². The quantitative estimate of drug-likeness (QED) is 0.646. The van der Waals surface area contributed by atoms with E-state index in [4.69, 9.17) is 0 Å². The van der Waals surface area contributed by atoms with Crippen molar-refractivity contribution >= 4 is 36.0 Å². The lowest BCUT2D eigenvalue weighted by molar-refractivity contribution is 0.572. The van der Waals surface area contributed by atoms with Gasteiger partial charge >= 0.3 is 0 Å². The smallest absolute Gasteiger partial charge is 0.215 e. The van der Waals surface area contributed by atoms with Gasteiger partial charge in [-0.25, -0.2) is 26.3 Å². The van der Waals surface area contributed by atoms with Gasteiger partial charge in [-0.2, -0.15) is 0 Å². The lowest BCUT2D eigenvalue weighted by Crippen LogP contribution is -2.31. The molecule has 9 heteroatoms. The SMILES string of the molecule is CCS(=O)(=O)NCCCNS(=O)(=O)c1cc(Br)ccc1C. The number of rotatable bonds is 8. The monoisotopic (exact) mass is 398 g/mol. The molecule has 0 aromatic heterocycles. The van der Waals surface area contributed by atoms with E-state index in [1.54, 1.807) is 26.0 Å². The zero-order valence-electron chi connectivity index (χ0n) is 11.9. The van der Waals surface area contributed by atoms with Gasteiger partial charge in [-0.1, -0.05) is 22.0 Å². The first kappa shape index (κ1) is 18.6. The molecule has 0 saturated heterocycles. The molecular weight excluding hydrogens is 380 g/mol. The Kier molecular flexibility index (Phi) is 6.79. The van der Waals surface area contributed by atoms with Crippen molar-refractivity contribution in [1.29, 1.82) is 0 Å². The average molecular weight is 399 g/mol. The topological polar surface area (TPSA) is 92.3 Å². The van der Waals surface area contributed by atoms with Crippen LogP contribution in [0.5, 0.6) is 0 Å². The molecule has 1 aromatic carbocycles. The van der Waals surface area contributed by atoms with Crippen molar-refractivity contribution in [2.75, 3.05) is 18.8 Å². The molecule has 21 heavy (non-hydrogen) atoms. The second-order valence-corrected chi connectivity index (χ2v) is 9.21. The van der Waals surface area contributed by atoms with Gasteiger partial charge in [-0.3, -0.25) is 0 Å². The highest BCUT2D eigenvalue weighted by Crippen LogP contribution is 2.20. The minimum absolute atomic E-state index is 0.00989. The fourth-order valence-corrected chi connectivity index (χ4v) is 4.08. The van der Waals surface area contributed by atoms with E-state index in [1.807, 2.05) is 0 Å². The molecule has 0 amide bonds. The van der Waals surface area contributed by atoms with Crippen LogP contribution >= 0.6 is 15.9 Å². The van der Waals surface area contributed by atoms with E-state index in [2.05, 4.69) is 25.4 Å². The van der Waals surface area contributed by atoms with Crippen LogP contribution in [0.1, 0.15) is 18.9 Å². The van der Waals surface area contributed by atoms with Crippen molar-refractivity contribution in [2.45, 2.75) is 25.2 Å². The van der Waals surface area contributed by atoms with Gasteiger partial charge in [0.1, 0.15) is 0 Å². The summed E-state index contributed by atoms with van der Waals surface area (Å²) in [6, 6.07) is 5.03. The molecule has 0 heterocycles. The molecule has 0 radical (unpaired) electrons. The van der Waals surface area contributed by atoms with Crippen LogP contribution in [0.3, 0.4) is 0 Å². The Balaban J connectivity index is 2.57. The number of benzene rings is 1. The van der Waals surface area contributed by atoms with Gasteiger partial charge in [0.15, 0.2) is 0 Å². The molecule has 1 rings (SSSR count). The molecule has 0 aliphatic rings. The van der Waals surface area contributed by atoms with E-state index in [-0.39, 0.29) is 23.7 Å². The van der Waals surface area contributed by atoms with Gasteiger partial charge in [-0.05, 0) is 38.0 Å². The second-order valence-electron chi connectivity index (χ2n) is 4.46. The molecule has 0 aliphatic heterocycles. The lowest BCUT2D eigenvalue weighted by Gasteiger charge is -2.10. The molecule has 0 atom stereocenters. The van der Waals surface area contributed by atoms with Crippen LogP contribution in [0, 0.1) is 6.92 Å². The molecule has 6 nitrogen and oxygen atoms in total. The summed E-state index contributed by atoms with van der Waals surface area (Å²) in [5.41, 5.74) is 0.650. The summed E-state index contributed by atoms with van der Waals surface area (Å²) in [6.07, 6.45) is 0.380. The Morgan fingerprint density at radius 2 is 1.71 bits per heavy atom. The van der Waals surface area contributed by atoms with E-state index < -0.39 is 20.0 Å². The number of aryl methyl sites for hydroxylation is 1. The van der Waals surface area contributed by atoms with Crippen LogP contribution in [0.4, 0.5) is 0 Å². The van der Waals surface area contributed by atoms with Gasteiger partial charge < -0.3 is 0 Å². The fraction of sp³-hybridized carbons (Fsp3) is 0.500. The van der Waals surface area contributed by atoms with Crippen molar-refractivity contribution in [3.8, 4) is 0 Å². The molecule has 120 valence electrons. The summed E-state index contributed by atoms with van der Waals surface area (Å²) < 4.78 is 52.3. The molecule has 0 saturated carbocycles. The van der Waals surface area contributed by atoms with Crippen LogP contribution in [-0.2, 0) is 20.0 Å². The van der Waals surface area contributed by atoms with Crippen molar-refractivity contribution in [3.63, 3.8) is 0 Å². The Morgan fingerprint density at radius 3 is 2.33 bits per heavy atom. The van der Waals surface area contributed by atoms with E-state index in [0.29, 0.717) is 16.5 Å². The van der Waals surface area contributed by atoms with E-state index in [1.165, 1.54) is 6.07 Å². The first-order valence-corrected chi connectivity index (χ1v) is 10.3. The first-order valence-electron chi connectivity index (χ1n) is 6.41. The van der Waals surface area contributed by atoms with Crippen molar-refractivity contribution in [1.82, 2.24) is 9.44 Å². The van der Waals surface area contributed by atoms with E-state index >= 15 is 0 Å². The minimum atomic E-state index is -3.59. The average Bonchev–Trinajstić information content (AvgIpc) is 2.41. The van der Waals surface area contributed by atoms with Crippen molar-refractivity contribution in [2.24, 2.45) is 0 Å². The number of sulfonamides is 2. The normalized spacial score (nSPS) is 12.5. The first-order chi connectivity index (χ1) is 9.68. The standard InChI is InChI=1S/C12H19BrN2O4S2/c1-3-20(16,17)14-7-4-8-15-21(18,19)12-9-11(13)6-5-10(12)2/h5-6,9,14-15H,3-4,7-8H2,1-2H3. The van der Waals surface area contributed by atoms with Crippen LogP contribution in [0.15, 0.2) is 27.6 Å². The highest BCUT2D eigenvalue weighted by atomic mass is 79.9. The van der Waals surface area contributed by atoms with Crippen LogP contribution < -0.4 is 9.44 Å². The van der Waals surface area contributed by atoms with Crippen LogP contribution in [-0.4, -0.2) is 35.7 Å². The summed E-state index contributed by atoms with van der Waals surface area (Å²) in [5, 5.41) is 0. The maximum Gasteiger partial charge on any atom is 0.240 e. The zero-order chi connectivity index (χ0) is 16.1. The Labute approximate surface area is 134 Å². The molecule has 0 aliphatic carbocycles. The zero-order valence-corrected chi connectivity index (χ0v) is 15.1. The van der Waals surface area contributed by atoms with Crippen LogP contribution in [0.25, 0.3) is 0 Å². The van der Waals surface area contributed by atoms with E-state index in [0.717, 1.165) is 0 Å². The number of nitrogens with one attached hydrogen (secondary N) is 2. The highest BCUT2D eigenvalue weighted by Gasteiger charge is 2.16. The van der Waals surface area contributed by atoms with Crippen LogP contribution in [0.2, 0.25) is 0 Å². The molecule has 0 bridgehead atoms. The molecule has 1 aromatic rings. The summed E-state index contributed by atoms with van der Waals surface area (Å²) in [4.78, 5) is 0.214. The predicted octanol–water partition coefficient (Wildman–Crippen LogP) is 1.37.